The zero-order valence-corrected chi connectivity index (χ0v) is 20.1. The molecule has 0 saturated heterocycles. The van der Waals surface area contributed by atoms with E-state index in [4.69, 9.17) is 9.47 Å². The summed E-state index contributed by atoms with van der Waals surface area (Å²) in [4.78, 5) is 36.7. The second-order valence-corrected chi connectivity index (χ2v) is 8.65. The van der Waals surface area contributed by atoms with Crippen molar-refractivity contribution in [2.75, 3.05) is 24.9 Å². The zero-order valence-electron chi connectivity index (χ0n) is 20.1. The first-order chi connectivity index (χ1) is 17.4. The molecule has 2 amide bonds. The first kappa shape index (κ1) is 24.8. The number of aliphatic carboxylic acids is 1. The van der Waals surface area contributed by atoms with Gasteiger partial charge in [0.1, 0.15) is 11.5 Å². The molecule has 36 heavy (non-hydrogen) atoms. The molecule has 0 heterocycles. The van der Waals surface area contributed by atoms with Crippen molar-refractivity contribution in [3.8, 4) is 22.6 Å². The van der Waals surface area contributed by atoms with Gasteiger partial charge in [0.05, 0.1) is 25.8 Å². The molecule has 8 nitrogen and oxygen atoms in total. The van der Waals surface area contributed by atoms with Gasteiger partial charge < -0.3 is 25.2 Å². The van der Waals surface area contributed by atoms with Gasteiger partial charge in [-0.15, -0.1) is 0 Å². The van der Waals surface area contributed by atoms with Gasteiger partial charge in [0.25, 0.3) is 0 Å². The van der Waals surface area contributed by atoms with Crippen molar-refractivity contribution in [2.24, 2.45) is 11.8 Å². The molecule has 8 heteroatoms. The first-order valence-electron chi connectivity index (χ1n) is 11.7. The Hall–Kier alpha value is -4.33. The van der Waals surface area contributed by atoms with E-state index in [-0.39, 0.29) is 5.78 Å². The molecule has 3 N–H and O–H groups in total. The highest BCUT2D eigenvalue weighted by atomic mass is 16.5. The number of nitrogens with one attached hydrogen (secondary N) is 2. The average Bonchev–Trinajstić information content (AvgIpc) is 3.39. The molecule has 0 bridgehead atoms. The van der Waals surface area contributed by atoms with Crippen LogP contribution in [-0.4, -0.2) is 37.1 Å². The molecule has 0 aliphatic heterocycles. The molecule has 2 atom stereocenters. The second-order valence-electron chi connectivity index (χ2n) is 8.65. The maximum atomic E-state index is 12.8. The monoisotopic (exact) mass is 488 g/mol. The normalized spacial score (nSPS) is 16.7. The number of ether oxygens (including phenoxy) is 2. The van der Waals surface area contributed by atoms with Crippen LogP contribution in [-0.2, 0) is 4.79 Å². The fourth-order valence-electron chi connectivity index (χ4n) is 4.54. The van der Waals surface area contributed by atoms with E-state index < -0.39 is 23.8 Å². The standard InChI is InChI=1S/C28H28N2O6/c1-35-21-14-15-24(25(16-21)36-2)30-28(34)29-20-12-10-18(11-13-20)17-6-8-19(9-7-17)26(31)22-4-3-5-23(22)27(32)33/h6-16,22-23H,3-5H2,1-2H3,(H,32,33)(H2,29,30,34)/t22-,23-/m1/s1. The van der Waals surface area contributed by atoms with E-state index in [9.17, 15) is 19.5 Å². The summed E-state index contributed by atoms with van der Waals surface area (Å²) in [5.41, 5.74) is 3.47. The first-order valence-corrected chi connectivity index (χ1v) is 11.7. The molecule has 3 aromatic carbocycles. The highest BCUT2D eigenvalue weighted by molar-refractivity contribution is 6.01. The van der Waals surface area contributed by atoms with Crippen LogP contribution in [0.3, 0.4) is 0 Å². The molecule has 3 aromatic rings. The molecule has 0 aromatic heterocycles. The van der Waals surface area contributed by atoms with Crippen molar-refractivity contribution in [1.29, 1.82) is 0 Å². The van der Waals surface area contributed by atoms with E-state index in [1.165, 1.54) is 7.11 Å². The topological polar surface area (TPSA) is 114 Å². The third-order valence-electron chi connectivity index (χ3n) is 6.47. The number of carboxylic acids is 1. The van der Waals surface area contributed by atoms with Gasteiger partial charge in [-0.25, -0.2) is 4.79 Å². The third-order valence-corrected chi connectivity index (χ3v) is 6.47. The number of rotatable bonds is 8. The van der Waals surface area contributed by atoms with Gasteiger partial charge in [0.15, 0.2) is 5.78 Å². The SMILES string of the molecule is COc1ccc(NC(=O)Nc2ccc(-c3ccc(C(=O)[C@@H]4CCC[C@H]4C(=O)O)cc3)cc2)c(OC)c1. The van der Waals surface area contributed by atoms with Crippen LogP contribution < -0.4 is 20.1 Å². The number of amides is 2. The van der Waals surface area contributed by atoms with Gasteiger partial charge in [-0.3, -0.25) is 9.59 Å². The van der Waals surface area contributed by atoms with E-state index in [1.807, 2.05) is 24.3 Å². The summed E-state index contributed by atoms with van der Waals surface area (Å²) in [6.45, 7) is 0. The van der Waals surface area contributed by atoms with Crippen LogP contribution in [0.4, 0.5) is 16.2 Å². The maximum Gasteiger partial charge on any atom is 0.323 e. The van der Waals surface area contributed by atoms with Gasteiger partial charge in [-0.05, 0) is 48.2 Å². The maximum absolute atomic E-state index is 12.8. The Balaban J connectivity index is 1.39. The van der Waals surface area contributed by atoms with E-state index in [1.54, 1.807) is 49.6 Å². The van der Waals surface area contributed by atoms with Crippen LogP contribution in [0.1, 0.15) is 29.6 Å². The number of carbonyl (C=O) groups is 3. The minimum absolute atomic E-state index is 0.106. The van der Waals surface area contributed by atoms with Crippen molar-refractivity contribution in [3.63, 3.8) is 0 Å². The number of ketones is 1. The summed E-state index contributed by atoms with van der Waals surface area (Å²) in [7, 11) is 3.07. The van der Waals surface area contributed by atoms with Gasteiger partial charge in [0, 0.05) is 23.2 Å². The van der Waals surface area contributed by atoms with E-state index in [0.29, 0.717) is 41.3 Å². The number of anilines is 2. The molecule has 186 valence electrons. The highest BCUT2D eigenvalue weighted by Gasteiger charge is 2.37. The van der Waals surface area contributed by atoms with Crippen LogP contribution >= 0.6 is 0 Å². The largest absolute Gasteiger partial charge is 0.497 e. The summed E-state index contributed by atoms with van der Waals surface area (Å²) >= 11 is 0. The minimum atomic E-state index is -0.895. The lowest BCUT2D eigenvalue weighted by molar-refractivity contribution is -0.142. The Labute approximate surface area is 209 Å². The van der Waals surface area contributed by atoms with Crippen molar-refractivity contribution in [2.45, 2.75) is 19.3 Å². The number of carbonyl (C=O) groups excluding carboxylic acids is 2. The molecule has 1 saturated carbocycles. The van der Waals surface area contributed by atoms with Crippen LogP contribution in [0.2, 0.25) is 0 Å². The molecule has 4 rings (SSSR count). The predicted octanol–water partition coefficient (Wildman–Crippen LogP) is 5.70. The van der Waals surface area contributed by atoms with E-state index in [2.05, 4.69) is 10.6 Å². The molecule has 0 radical (unpaired) electrons. The molecule has 1 aliphatic rings. The average molecular weight is 489 g/mol. The predicted molar refractivity (Wildman–Crippen MR) is 137 cm³/mol. The number of carboxylic acid groups (broad SMARTS) is 1. The van der Waals surface area contributed by atoms with E-state index >= 15 is 0 Å². The molecule has 0 spiro atoms. The van der Waals surface area contributed by atoms with Crippen LogP contribution in [0.15, 0.2) is 66.7 Å². The van der Waals surface area contributed by atoms with Crippen molar-refractivity contribution < 1.29 is 29.0 Å². The molecule has 1 aliphatic carbocycles. The van der Waals surface area contributed by atoms with Gasteiger partial charge in [-0.2, -0.15) is 0 Å². The van der Waals surface area contributed by atoms with E-state index in [0.717, 1.165) is 17.5 Å². The minimum Gasteiger partial charge on any atom is -0.497 e. The lowest BCUT2D eigenvalue weighted by Crippen LogP contribution is -2.25. The Kier molecular flexibility index (Phi) is 7.53. The molecule has 0 unspecified atom stereocenters. The summed E-state index contributed by atoms with van der Waals surface area (Å²) in [6, 6.07) is 19.2. The quantitative estimate of drug-likeness (QED) is 0.351. The summed E-state index contributed by atoms with van der Waals surface area (Å²) in [5.74, 6) is -0.955. The fourth-order valence-corrected chi connectivity index (χ4v) is 4.54. The number of benzene rings is 3. The Morgan fingerprint density at radius 2 is 1.44 bits per heavy atom. The number of hydrogen-bond donors (Lipinski definition) is 3. The van der Waals surface area contributed by atoms with Gasteiger partial charge in [-0.1, -0.05) is 42.8 Å². The Bertz CT molecular complexity index is 1250. The van der Waals surface area contributed by atoms with Crippen LogP contribution in [0, 0.1) is 11.8 Å². The Morgan fingerprint density at radius 1 is 0.806 bits per heavy atom. The molecule has 1 fully saturated rings. The van der Waals surface area contributed by atoms with Crippen molar-refractivity contribution in [3.05, 3.63) is 72.3 Å². The lowest BCUT2D eigenvalue weighted by atomic mass is 9.88. The van der Waals surface area contributed by atoms with Gasteiger partial charge >= 0.3 is 12.0 Å². The van der Waals surface area contributed by atoms with Crippen LogP contribution in [0.25, 0.3) is 11.1 Å². The van der Waals surface area contributed by atoms with Crippen molar-refractivity contribution in [1.82, 2.24) is 0 Å². The third kappa shape index (κ3) is 5.49. The summed E-state index contributed by atoms with van der Waals surface area (Å²) < 4.78 is 10.5. The number of Topliss-reactive ketones (excluding diaryl/α,β-unsaturated/α-hetero) is 1. The molecular formula is C28H28N2O6. The summed E-state index contributed by atoms with van der Waals surface area (Å²) in [6.07, 6.45) is 1.93. The zero-order chi connectivity index (χ0) is 25.7. The lowest BCUT2D eigenvalue weighted by Gasteiger charge is -2.15. The van der Waals surface area contributed by atoms with Crippen LogP contribution in [0.5, 0.6) is 11.5 Å². The Morgan fingerprint density at radius 3 is 2.06 bits per heavy atom. The number of hydrogen-bond acceptors (Lipinski definition) is 5. The van der Waals surface area contributed by atoms with Crippen molar-refractivity contribution >= 4 is 29.2 Å². The number of urea groups is 1. The number of methoxy groups -OCH3 is 2. The molecular weight excluding hydrogens is 460 g/mol. The van der Waals surface area contributed by atoms with Gasteiger partial charge in [0.2, 0.25) is 0 Å². The summed E-state index contributed by atoms with van der Waals surface area (Å²) in [5, 5.41) is 14.9. The smallest absolute Gasteiger partial charge is 0.323 e. The second kappa shape index (κ2) is 10.9. The highest BCUT2D eigenvalue weighted by Crippen LogP contribution is 2.35. The fraction of sp³-hybridized carbons (Fsp3) is 0.250.